The molecule has 0 aromatic heterocycles. The molecule has 0 amide bonds. The first-order valence-corrected chi connectivity index (χ1v) is 7.04. The molecule has 2 rings (SSSR count). The Morgan fingerprint density at radius 2 is 1.56 bits per heavy atom. The minimum absolute atomic E-state index is 0.224. The van der Waals surface area contributed by atoms with Gasteiger partial charge < -0.3 is 0 Å². The van der Waals surface area contributed by atoms with Crippen LogP contribution in [0.1, 0.15) is 17.0 Å². The van der Waals surface area contributed by atoms with Crippen LogP contribution in [0.25, 0.3) is 0 Å². The fourth-order valence-electron chi connectivity index (χ4n) is 1.96. The van der Waals surface area contributed by atoms with Crippen molar-refractivity contribution < 1.29 is 0 Å². The van der Waals surface area contributed by atoms with E-state index in [4.69, 9.17) is 34.8 Å². The molecule has 0 aliphatic rings. The van der Waals surface area contributed by atoms with Crippen LogP contribution in [0.5, 0.6) is 0 Å². The monoisotopic (exact) mass is 298 g/mol. The van der Waals surface area contributed by atoms with E-state index in [0.717, 1.165) is 22.0 Å². The lowest BCUT2D eigenvalue weighted by atomic mass is 9.93. The summed E-state index contributed by atoms with van der Waals surface area (Å²) in [6, 6.07) is 15.7. The fourth-order valence-corrected chi connectivity index (χ4v) is 2.65. The number of hydrogen-bond donors (Lipinski definition) is 0. The highest BCUT2D eigenvalue weighted by atomic mass is 35.5. The van der Waals surface area contributed by atoms with Crippen molar-refractivity contribution in [2.24, 2.45) is 0 Å². The van der Waals surface area contributed by atoms with Crippen molar-refractivity contribution in [2.75, 3.05) is 5.88 Å². The molecular weight excluding hydrogens is 287 g/mol. The molecule has 18 heavy (non-hydrogen) atoms. The molecule has 1 atom stereocenters. The molecule has 0 nitrogen and oxygen atoms in total. The number of halogens is 3. The molecule has 2 aromatic rings. The maximum atomic E-state index is 6.21. The maximum absolute atomic E-state index is 6.21. The third kappa shape index (κ3) is 3.41. The first-order chi connectivity index (χ1) is 8.70. The van der Waals surface area contributed by atoms with Gasteiger partial charge in [-0.15, -0.1) is 11.6 Å². The van der Waals surface area contributed by atoms with Crippen LogP contribution in [-0.4, -0.2) is 5.88 Å². The third-order valence-corrected chi connectivity index (χ3v) is 3.90. The minimum Gasteiger partial charge on any atom is -0.126 e. The quantitative estimate of drug-likeness (QED) is 0.648. The molecule has 2 aromatic carbocycles. The van der Waals surface area contributed by atoms with Gasteiger partial charge in [0.1, 0.15) is 0 Å². The van der Waals surface area contributed by atoms with Crippen LogP contribution in [0.15, 0.2) is 48.5 Å². The summed E-state index contributed by atoms with van der Waals surface area (Å²) in [4.78, 5) is 0. The van der Waals surface area contributed by atoms with Crippen LogP contribution in [0.3, 0.4) is 0 Å². The summed E-state index contributed by atoms with van der Waals surface area (Å²) < 4.78 is 0. The summed E-state index contributed by atoms with van der Waals surface area (Å²) in [5, 5.41) is 1.52. The Kier molecular flexibility index (Phi) is 4.94. The molecule has 0 aliphatic heterocycles. The van der Waals surface area contributed by atoms with Crippen LogP contribution in [0.4, 0.5) is 0 Å². The molecule has 94 valence electrons. The van der Waals surface area contributed by atoms with E-state index in [1.54, 1.807) is 0 Å². The van der Waals surface area contributed by atoms with Crippen molar-refractivity contribution in [1.29, 1.82) is 0 Å². The predicted octanol–water partition coefficient (Wildman–Crippen LogP) is 5.56. The predicted molar refractivity (Wildman–Crippen MR) is 80.1 cm³/mol. The molecule has 3 heteroatoms. The zero-order chi connectivity index (χ0) is 13.0. The lowest BCUT2D eigenvalue weighted by Crippen LogP contribution is -2.05. The Morgan fingerprint density at radius 3 is 2.17 bits per heavy atom. The molecule has 0 N–H and O–H groups in total. The van der Waals surface area contributed by atoms with Gasteiger partial charge >= 0.3 is 0 Å². The van der Waals surface area contributed by atoms with Gasteiger partial charge in [-0.05, 0) is 35.7 Å². The van der Waals surface area contributed by atoms with Crippen molar-refractivity contribution in [2.45, 2.75) is 12.3 Å². The molecule has 0 radical (unpaired) electrons. The standard InChI is InChI=1S/C15H13Cl3/c16-10-12(14-3-1-2-4-15(14)18)9-11-5-7-13(17)8-6-11/h1-8,12H,9-10H2. The van der Waals surface area contributed by atoms with E-state index in [0.29, 0.717) is 5.88 Å². The molecule has 0 saturated heterocycles. The number of alkyl halides is 1. The van der Waals surface area contributed by atoms with Crippen molar-refractivity contribution in [3.8, 4) is 0 Å². The molecular formula is C15H13Cl3. The first kappa shape index (κ1) is 13.7. The van der Waals surface area contributed by atoms with Gasteiger partial charge in [-0.25, -0.2) is 0 Å². The van der Waals surface area contributed by atoms with Gasteiger partial charge in [0.25, 0.3) is 0 Å². The molecule has 0 heterocycles. The average molecular weight is 300 g/mol. The molecule has 0 fully saturated rings. The third-order valence-electron chi connectivity index (χ3n) is 2.93. The van der Waals surface area contributed by atoms with Crippen molar-refractivity contribution >= 4 is 34.8 Å². The molecule has 1 unspecified atom stereocenters. The highest BCUT2D eigenvalue weighted by molar-refractivity contribution is 6.31. The van der Waals surface area contributed by atoms with E-state index in [1.165, 1.54) is 5.56 Å². The summed E-state index contributed by atoms with van der Waals surface area (Å²) in [6.07, 6.45) is 0.865. The maximum Gasteiger partial charge on any atom is 0.0441 e. The molecule has 0 bridgehead atoms. The summed E-state index contributed by atoms with van der Waals surface area (Å²) in [7, 11) is 0. The highest BCUT2D eigenvalue weighted by Crippen LogP contribution is 2.28. The molecule has 0 saturated carbocycles. The Hall–Kier alpha value is -0.690. The van der Waals surface area contributed by atoms with E-state index in [1.807, 2.05) is 48.5 Å². The Labute approximate surface area is 122 Å². The lowest BCUT2D eigenvalue weighted by Gasteiger charge is -2.16. The number of rotatable bonds is 4. The summed E-state index contributed by atoms with van der Waals surface area (Å²) in [5.41, 5.74) is 2.31. The van der Waals surface area contributed by atoms with Crippen LogP contribution < -0.4 is 0 Å². The summed E-state index contributed by atoms with van der Waals surface area (Å²) in [6.45, 7) is 0. The van der Waals surface area contributed by atoms with E-state index in [9.17, 15) is 0 Å². The van der Waals surface area contributed by atoms with Crippen LogP contribution >= 0.6 is 34.8 Å². The van der Waals surface area contributed by atoms with Gasteiger partial charge in [0, 0.05) is 21.8 Å². The number of benzene rings is 2. The van der Waals surface area contributed by atoms with E-state index >= 15 is 0 Å². The minimum atomic E-state index is 0.224. The second kappa shape index (κ2) is 6.47. The van der Waals surface area contributed by atoms with Gasteiger partial charge in [-0.1, -0.05) is 53.5 Å². The van der Waals surface area contributed by atoms with Crippen molar-refractivity contribution in [3.63, 3.8) is 0 Å². The van der Waals surface area contributed by atoms with Crippen molar-refractivity contribution in [1.82, 2.24) is 0 Å². The smallest absolute Gasteiger partial charge is 0.0441 e. The second-order valence-electron chi connectivity index (χ2n) is 4.20. The first-order valence-electron chi connectivity index (χ1n) is 5.75. The summed E-state index contributed by atoms with van der Waals surface area (Å²) >= 11 is 18.2. The fraction of sp³-hybridized carbons (Fsp3) is 0.200. The Balaban J connectivity index is 2.20. The highest BCUT2D eigenvalue weighted by Gasteiger charge is 2.14. The van der Waals surface area contributed by atoms with E-state index in [2.05, 4.69) is 0 Å². The number of hydrogen-bond acceptors (Lipinski definition) is 0. The largest absolute Gasteiger partial charge is 0.126 e. The second-order valence-corrected chi connectivity index (χ2v) is 5.36. The molecule has 0 aliphatic carbocycles. The van der Waals surface area contributed by atoms with Gasteiger partial charge in [0.05, 0.1) is 0 Å². The zero-order valence-corrected chi connectivity index (χ0v) is 12.0. The SMILES string of the molecule is ClCC(Cc1ccc(Cl)cc1)c1ccccc1Cl. The van der Waals surface area contributed by atoms with Gasteiger partial charge in [0.2, 0.25) is 0 Å². The summed E-state index contributed by atoms with van der Waals surface area (Å²) in [5.74, 6) is 0.772. The van der Waals surface area contributed by atoms with E-state index < -0.39 is 0 Å². The normalized spacial score (nSPS) is 12.4. The van der Waals surface area contributed by atoms with Gasteiger partial charge in [0.15, 0.2) is 0 Å². The Bertz CT molecular complexity index is 505. The van der Waals surface area contributed by atoms with Crippen LogP contribution in [0.2, 0.25) is 10.0 Å². The molecule has 0 spiro atoms. The zero-order valence-electron chi connectivity index (χ0n) is 9.74. The van der Waals surface area contributed by atoms with Crippen LogP contribution in [0, 0.1) is 0 Å². The van der Waals surface area contributed by atoms with Gasteiger partial charge in [-0.2, -0.15) is 0 Å². The van der Waals surface area contributed by atoms with E-state index in [-0.39, 0.29) is 5.92 Å². The average Bonchev–Trinajstić information content (AvgIpc) is 2.39. The van der Waals surface area contributed by atoms with Gasteiger partial charge in [-0.3, -0.25) is 0 Å². The topological polar surface area (TPSA) is 0 Å². The van der Waals surface area contributed by atoms with Crippen LogP contribution in [-0.2, 0) is 6.42 Å². The Morgan fingerprint density at radius 1 is 0.889 bits per heavy atom. The lowest BCUT2D eigenvalue weighted by molar-refractivity contribution is 0.766. The van der Waals surface area contributed by atoms with Crippen molar-refractivity contribution in [3.05, 3.63) is 69.7 Å².